The van der Waals surface area contributed by atoms with Crippen molar-refractivity contribution in [2.24, 2.45) is 5.41 Å². The zero-order chi connectivity index (χ0) is 10.1. The Morgan fingerprint density at radius 1 is 1.23 bits per heavy atom. The summed E-state index contributed by atoms with van der Waals surface area (Å²) >= 11 is 0. The highest BCUT2D eigenvalue weighted by Crippen LogP contribution is 2.72. The average Bonchev–Trinajstić information content (AvgIpc) is 2.34. The van der Waals surface area contributed by atoms with E-state index in [1.807, 2.05) is 13.8 Å². The van der Waals surface area contributed by atoms with E-state index in [0.29, 0.717) is 0 Å². The summed E-state index contributed by atoms with van der Waals surface area (Å²) in [5.41, 5.74) is -2.98. The molecule has 0 aromatic carbocycles. The summed E-state index contributed by atoms with van der Waals surface area (Å²) in [6, 6.07) is 0. The maximum atomic E-state index is 10.2. The Balaban J connectivity index is 2.40. The van der Waals surface area contributed by atoms with Gasteiger partial charge < -0.3 is 19.7 Å². The first-order chi connectivity index (χ1) is 5.84. The first-order valence-corrected chi connectivity index (χ1v) is 4.47. The minimum Gasteiger partial charge on any atom is -0.383 e. The molecule has 13 heavy (non-hydrogen) atoms. The predicted octanol–water partition coefficient (Wildman–Crippen LogP) is -0.120. The highest BCUT2D eigenvalue weighted by atomic mass is 16.7. The van der Waals surface area contributed by atoms with Gasteiger partial charge in [-0.2, -0.15) is 0 Å². The minimum absolute atomic E-state index is 0.391. The lowest BCUT2D eigenvalue weighted by Crippen LogP contribution is -2.34. The summed E-state index contributed by atoms with van der Waals surface area (Å²) < 4.78 is 10.3. The van der Waals surface area contributed by atoms with E-state index in [1.54, 1.807) is 6.92 Å². The number of methoxy groups -OCH3 is 1. The van der Waals surface area contributed by atoms with Gasteiger partial charge in [-0.3, -0.25) is 0 Å². The van der Waals surface area contributed by atoms with Crippen LogP contribution < -0.4 is 0 Å². The standard InChI is InChI=1S/C9H16O4/c1-5-8(10)7(2,3)9(8,11)6(12-4)13-5/h5-6,10-11H,1-4H3/t5-,6-,8+,9-/m0/s1. The maximum absolute atomic E-state index is 10.2. The molecule has 1 heterocycles. The fourth-order valence-electron chi connectivity index (χ4n) is 2.80. The minimum atomic E-state index is -1.26. The van der Waals surface area contributed by atoms with Gasteiger partial charge in [0.2, 0.25) is 0 Å². The van der Waals surface area contributed by atoms with Gasteiger partial charge in [-0.25, -0.2) is 0 Å². The molecular weight excluding hydrogens is 172 g/mol. The molecular formula is C9H16O4. The number of ether oxygens (including phenoxy) is 2. The second-order valence-electron chi connectivity index (χ2n) is 4.50. The van der Waals surface area contributed by atoms with Crippen LogP contribution in [-0.2, 0) is 9.47 Å². The van der Waals surface area contributed by atoms with Gasteiger partial charge in [0.15, 0.2) is 11.9 Å². The molecule has 1 aliphatic carbocycles. The van der Waals surface area contributed by atoms with E-state index in [2.05, 4.69) is 0 Å². The molecule has 0 aromatic heterocycles. The molecule has 1 saturated heterocycles. The zero-order valence-corrected chi connectivity index (χ0v) is 8.37. The number of hydrogen-bond acceptors (Lipinski definition) is 4. The SMILES string of the molecule is CO[C@H]1O[C@@H](C)[C@@]2(O)C(C)(C)[C@@]12O. The molecule has 2 N–H and O–H groups in total. The third-order valence-electron chi connectivity index (χ3n) is 3.90. The molecule has 4 heteroatoms. The van der Waals surface area contributed by atoms with Crippen molar-refractivity contribution >= 4 is 0 Å². The van der Waals surface area contributed by atoms with Gasteiger partial charge in [0.05, 0.1) is 6.10 Å². The molecule has 2 fully saturated rings. The molecule has 0 spiro atoms. The van der Waals surface area contributed by atoms with E-state index in [9.17, 15) is 10.2 Å². The molecule has 4 nitrogen and oxygen atoms in total. The molecule has 0 amide bonds. The fourth-order valence-corrected chi connectivity index (χ4v) is 2.80. The van der Waals surface area contributed by atoms with Gasteiger partial charge in [0.25, 0.3) is 0 Å². The average molecular weight is 188 g/mol. The second-order valence-corrected chi connectivity index (χ2v) is 4.50. The normalized spacial score (nSPS) is 57.7. The zero-order valence-electron chi connectivity index (χ0n) is 8.37. The van der Waals surface area contributed by atoms with Crippen molar-refractivity contribution < 1.29 is 19.7 Å². The van der Waals surface area contributed by atoms with Crippen molar-refractivity contribution in [3.63, 3.8) is 0 Å². The first-order valence-electron chi connectivity index (χ1n) is 4.47. The number of fused-ring (bicyclic) bond motifs is 1. The summed E-state index contributed by atoms with van der Waals surface area (Å²) in [5.74, 6) is 0. The van der Waals surface area contributed by atoms with Gasteiger partial charge in [-0.1, -0.05) is 13.8 Å². The Morgan fingerprint density at radius 3 is 2.00 bits per heavy atom. The first kappa shape index (κ1) is 9.40. The van der Waals surface area contributed by atoms with Crippen molar-refractivity contribution in [3.8, 4) is 0 Å². The van der Waals surface area contributed by atoms with Crippen LogP contribution in [0.2, 0.25) is 0 Å². The van der Waals surface area contributed by atoms with Crippen LogP contribution in [-0.4, -0.2) is 40.9 Å². The molecule has 76 valence electrons. The predicted molar refractivity (Wildman–Crippen MR) is 45.0 cm³/mol. The number of hydrogen-bond donors (Lipinski definition) is 2. The van der Waals surface area contributed by atoms with E-state index in [0.717, 1.165) is 0 Å². The van der Waals surface area contributed by atoms with Gasteiger partial charge in [0, 0.05) is 12.5 Å². The molecule has 1 aliphatic heterocycles. The molecule has 4 atom stereocenters. The second kappa shape index (κ2) is 2.08. The Morgan fingerprint density at radius 2 is 1.77 bits per heavy atom. The number of rotatable bonds is 1. The Hall–Kier alpha value is -0.160. The van der Waals surface area contributed by atoms with E-state index in [-0.39, 0.29) is 0 Å². The Labute approximate surface area is 77.5 Å². The van der Waals surface area contributed by atoms with Gasteiger partial charge in [0.1, 0.15) is 5.60 Å². The largest absolute Gasteiger partial charge is 0.383 e. The van der Waals surface area contributed by atoms with Gasteiger partial charge >= 0.3 is 0 Å². The van der Waals surface area contributed by atoms with Crippen LogP contribution in [0.5, 0.6) is 0 Å². The number of aliphatic hydroxyl groups is 2. The van der Waals surface area contributed by atoms with E-state index in [4.69, 9.17) is 9.47 Å². The van der Waals surface area contributed by atoms with Crippen LogP contribution in [0.25, 0.3) is 0 Å². The molecule has 2 rings (SSSR count). The van der Waals surface area contributed by atoms with E-state index in [1.165, 1.54) is 7.11 Å². The van der Waals surface area contributed by atoms with Crippen molar-refractivity contribution in [1.29, 1.82) is 0 Å². The summed E-state index contributed by atoms with van der Waals surface area (Å²) in [6.45, 7) is 5.38. The van der Waals surface area contributed by atoms with E-state index < -0.39 is 29.0 Å². The van der Waals surface area contributed by atoms with E-state index >= 15 is 0 Å². The smallest absolute Gasteiger partial charge is 0.190 e. The van der Waals surface area contributed by atoms with Crippen LogP contribution in [0.3, 0.4) is 0 Å². The molecule has 0 bridgehead atoms. The quantitative estimate of drug-likeness (QED) is 0.602. The lowest BCUT2D eigenvalue weighted by Gasteiger charge is -2.23. The van der Waals surface area contributed by atoms with Crippen molar-refractivity contribution in [1.82, 2.24) is 0 Å². The molecule has 2 aliphatic rings. The van der Waals surface area contributed by atoms with Crippen molar-refractivity contribution in [3.05, 3.63) is 0 Å². The third kappa shape index (κ3) is 0.625. The van der Waals surface area contributed by atoms with Crippen LogP contribution >= 0.6 is 0 Å². The summed E-state index contributed by atoms with van der Waals surface area (Å²) in [5, 5.41) is 20.4. The highest BCUT2D eigenvalue weighted by molar-refractivity contribution is 5.38. The maximum Gasteiger partial charge on any atom is 0.190 e. The lowest BCUT2D eigenvalue weighted by molar-refractivity contribution is -0.191. The third-order valence-corrected chi connectivity index (χ3v) is 3.90. The topological polar surface area (TPSA) is 58.9 Å². The fraction of sp³-hybridized carbons (Fsp3) is 1.00. The summed E-state index contributed by atoms with van der Waals surface area (Å²) in [6.07, 6.45) is -1.11. The van der Waals surface area contributed by atoms with Crippen LogP contribution in [0.4, 0.5) is 0 Å². The Bertz CT molecular complexity index is 252. The van der Waals surface area contributed by atoms with Gasteiger partial charge in [-0.15, -0.1) is 0 Å². The monoisotopic (exact) mass is 188 g/mol. The molecule has 0 aromatic rings. The summed E-state index contributed by atoms with van der Waals surface area (Å²) in [7, 11) is 1.47. The van der Waals surface area contributed by atoms with Crippen LogP contribution in [0.1, 0.15) is 20.8 Å². The van der Waals surface area contributed by atoms with Crippen molar-refractivity contribution in [2.45, 2.75) is 44.4 Å². The van der Waals surface area contributed by atoms with Crippen molar-refractivity contribution in [2.75, 3.05) is 7.11 Å². The summed E-state index contributed by atoms with van der Waals surface area (Å²) in [4.78, 5) is 0. The lowest BCUT2D eigenvalue weighted by atomic mass is 10.0. The van der Waals surface area contributed by atoms with Crippen LogP contribution in [0.15, 0.2) is 0 Å². The molecule has 1 saturated carbocycles. The molecule has 0 radical (unpaired) electrons. The van der Waals surface area contributed by atoms with Crippen LogP contribution in [0, 0.1) is 5.41 Å². The molecule has 0 unspecified atom stereocenters. The van der Waals surface area contributed by atoms with Gasteiger partial charge in [-0.05, 0) is 6.92 Å². The highest BCUT2D eigenvalue weighted by Gasteiger charge is 2.91. The Kier molecular flexibility index (Phi) is 1.51.